The first kappa shape index (κ1) is 17.4. The van der Waals surface area contributed by atoms with Gasteiger partial charge in [-0.25, -0.2) is 0 Å². The first-order valence-electron chi connectivity index (χ1n) is 8.94. The third kappa shape index (κ3) is 3.75. The van der Waals surface area contributed by atoms with Crippen LogP contribution in [0.5, 0.6) is 0 Å². The number of aliphatic hydroxyl groups is 1. The maximum absolute atomic E-state index is 10.2. The summed E-state index contributed by atoms with van der Waals surface area (Å²) in [5, 5.41) is 23.4. The third-order valence-corrected chi connectivity index (χ3v) is 4.83. The SMILES string of the molecule is Cc1cccc(-c2noc([C@@H]3C[C@@H](O)CN3Cc3cccc(C#N)c3)n2)c1. The molecule has 3 aromatic rings. The van der Waals surface area contributed by atoms with Gasteiger partial charge in [-0.3, -0.25) is 4.90 Å². The quantitative estimate of drug-likeness (QED) is 0.769. The number of aromatic nitrogens is 2. The second-order valence-electron chi connectivity index (χ2n) is 6.97. The summed E-state index contributed by atoms with van der Waals surface area (Å²) in [5.41, 5.74) is 3.70. The first-order chi connectivity index (χ1) is 13.1. The summed E-state index contributed by atoms with van der Waals surface area (Å²) in [5.74, 6) is 1.07. The number of aryl methyl sites for hydroxylation is 1. The monoisotopic (exact) mass is 360 g/mol. The van der Waals surface area contributed by atoms with Crippen LogP contribution < -0.4 is 0 Å². The lowest BCUT2D eigenvalue weighted by Crippen LogP contribution is -2.24. The van der Waals surface area contributed by atoms with Crippen molar-refractivity contribution in [3.63, 3.8) is 0 Å². The lowest BCUT2D eigenvalue weighted by Gasteiger charge is -2.21. The molecule has 2 aromatic carbocycles. The number of nitrogens with zero attached hydrogens (tertiary/aromatic N) is 4. The fraction of sp³-hybridized carbons (Fsp3) is 0.286. The van der Waals surface area contributed by atoms with Gasteiger partial charge >= 0.3 is 0 Å². The lowest BCUT2D eigenvalue weighted by atomic mass is 10.1. The molecule has 6 nitrogen and oxygen atoms in total. The van der Waals surface area contributed by atoms with Gasteiger partial charge in [-0.05, 0) is 37.1 Å². The number of hydrogen-bond donors (Lipinski definition) is 1. The molecule has 1 aromatic heterocycles. The predicted molar refractivity (Wildman–Crippen MR) is 99.4 cm³/mol. The van der Waals surface area contributed by atoms with Crippen LogP contribution in [0.4, 0.5) is 0 Å². The largest absolute Gasteiger partial charge is 0.392 e. The normalized spacial score (nSPS) is 19.9. The van der Waals surface area contributed by atoms with Gasteiger partial charge in [0.05, 0.1) is 23.8 Å². The van der Waals surface area contributed by atoms with Crippen LogP contribution in [-0.4, -0.2) is 32.8 Å². The van der Waals surface area contributed by atoms with E-state index < -0.39 is 6.10 Å². The van der Waals surface area contributed by atoms with E-state index in [4.69, 9.17) is 9.78 Å². The van der Waals surface area contributed by atoms with Gasteiger partial charge in [0, 0.05) is 18.7 Å². The van der Waals surface area contributed by atoms with E-state index in [0.29, 0.717) is 36.8 Å². The van der Waals surface area contributed by atoms with Crippen molar-refractivity contribution >= 4 is 0 Å². The van der Waals surface area contributed by atoms with Crippen molar-refractivity contribution in [1.82, 2.24) is 15.0 Å². The molecular weight excluding hydrogens is 340 g/mol. The number of nitriles is 1. The molecule has 2 atom stereocenters. The molecule has 6 heteroatoms. The molecule has 1 fully saturated rings. The van der Waals surface area contributed by atoms with E-state index in [1.54, 1.807) is 6.07 Å². The molecular formula is C21H20N4O2. The van der Waals surface area contributed by atoms with Crippen molar-refractivity contribution in [2.45, 2.75) is 32.0 Å². The van der Waals surface area contributed by atoms with Crippen molar-refractivity contribution < 1.29 is 9.63 Å². The van der Waals surface area contributed by atoms with E-state index in [0.717, 1.165) is 16.7 Å². The molecule has 4 rings (SSSR count). The minimum atomic E-state index is -0.441. The summed E-state index contributed by atoms with van der Waals surface area (Å²) in [4.78, 5) is 6.70. The number of hydrogen-bond acceptors (Lipinski definition) is 6. The Morgan fingerprint density at radius 1 is 1.26 bits per heavy atom. The van der Waals surface area contributed by atoms with E-state index in [2.05, 4.69) is 21.1 Å². The van der Waals surface area contributed by atoms with E-state index in [1.807, 2.05) is 49.4 Å². The number of likely N-dealkylation sites (tertiary alicyclic amines) is 1. The Morgan fingerprint density at radius 3 is 2.93 bits per heavy atom. The zero-order valence-corrected chi connectivity index (χ0v) is 15.0. The molecule has 0 spiro atoms. The van der Waals surface area contributed by atoms with Crippen LogP contribution in [0.3, 0.4) is 0 Å². The molecule has 2 heterocycles. The molecule has 1 aliphatic heterocycles. The van der Waals surface area contributed by atoms with Crippen LogP contribution in [0.1, 0.15) is 35.0 Å². The van der Waals surface area contributed by atoms with E-state index >= 15 is 0 Å². The van der Waals surface area contributed by atoms with Crippen molar-refractivity contribution in [2.75, 3.05) is 6.54 Å². The highest BCUT2D eigenvalue weighted by atomic mass is 16.5. The van der Waals surface area contributed by atoms with Gasteiger partial charge in [0.25, 0.3) is 0 Å². The van der Waals surface area contributed by atoms with Gasteiger partial charge in [0.2, 0.25) is 11.7 Å². The van der Waals surface area contributed by atoms with Crippen LogP contribution in [0.2, 0.25) is 0 Å². The zero-order valence-electron chi connectivity index (χ0n) is 15.0. The zero-order chi connectivity index (χ0) is 18.8. The van der Waals surface area contributed by atoms with Gasteiger partial charge in [-0.15, -0.1) is 0 Å². The highest BCUT2D eigenvalue weighted by Crippen LogP contribution is 2.33. The van der Waals surface area contributed by atoms with Gasteiger partial charge < -0.3 is 9.63 Å². The molecule has 136 valence electrons. The molecule has 0 aliphatic carbocycles. The predicted octanol–water partition coefficient (Wildman–Crippen LogP) is 3.22. The van der Waals surface area contributed by atoms with Crippen molar-refractivity contribution in [3.05, 3.63) is 71.1 Å². The second kappa shape index (κ2) is 7.31. The number of β-amino-alcohol motifs (C(OH)–C–C–N with tert-alkyl or cyclic N) is 1. The Labute approximate surface area is 157 Å². The lowest BCUT2D eigenvalue weighted by molar-refractivity contribution is 0.169. The maximum Gasteiger partial charge on any atom is 0.244 e. The standard InChI is InChI=1S/C21H20N4O2/c1-14-4-2-7-17(8-14)20-23-21(27-24-20)19-10-18(26)13-25(19)12-16-6-3-5-15(9-16)11-22/h2-9,18-19,26H,10,12-13H2,1H3/t18-,19+/m1/s1. The molecule has 1 N–H and O–H groups in total. The molecule has 0 saturated carbocycles. The van der Waals surface area contributed by atoms with E-state index in [-0.39, 0.29) is 6.04 Å². The van der Waals surface area contributed by atoms with Crippen molar-refractivity contribution in [2.24, 2.45) is 0 Å². The Bertz CT molecular complexity index is 992. The van der Waals surface area contributed by atoms with Crippen LogP contribution >= 0.6 is 0 Å². The summed E-state index contributed by atoms with van der Waals surface area (Å²) in [7, 11) is 0. The molecule has 0 bridgehead atoms. The summed E-state index contributed by atoms with van der Waals surface area (Å²) in [6.07, 6.45) is 0.108. The van der Waals surface area contributed by atoms with Crippen LogP contribution in [0.15, 0.2) is 53.1 Å². The minimum Gasteiger partial charge on any atom is -0.392 e. The average Bonchev–Trinajstić information content (AvgIpc) is 3.28. The first-order valence-corrected chi connectivity index (χ1v) is 8.94. The van der Waals surface area contributed by atoms with Crippen molar-refractivity contribution in [3.8, 4) is 17.5 Å². The van der Waals surface area contributed by atoms with Crippen LogP contribution in [0, 0.1) is 18.3 Å². The second-order valence-corrected chi connectivity index (χ2v) is 6.97. The van der Waals surface area contributed by atoms with Gasteiger partial charge in [0.1, 0.15) is 0 Å². The van der Waals surface area contributed by atoms with Gasteiger partial charge in [0.15, 0.2) is 0 Å². The van der Waals surface area contributed by atoms with Crippen molar-refractivity contribution in [1.29, 1.82) is 5.26 Å². The van der Waals surface area contributed by atoms with Crippen LogP contribution in [-0.2, 0) is 6.54 Å². The smallest absolute Gasteiger partial charge is 0.244 e. The maximum atomic E-state index is 10.2. The number of rotatable bonds is 4. The van der Waals surface area contributed by atoms with E-state index in [1.165, 1.54) is 0 Å². The number of aliphatic hydroxyl groups excluding tert-OH is 1. The summed E-state index contributed by atoms with van der Waals surface area (Å²) in [6, 6.07) is 17.5. The molecule has 0 radical (unpaired) electrons. The number of benzene rings is 2. The fourth-order valence-corrected chi connectivity index (χ4v) is 3.56. The van der Waals surface area contributed by atoms with Crippen LogP contribution in [0.25, 0.3) is 11.4 Å². The topological polar surface area (TPSA) is 86.2 Å². The highest BCUT2D eigenvalue weighted by Gasteiger charge is 2.36. The fourth-order valence-electron chi connectivity index (χ4n) is 3.56. The Hall–Kier alpha value is -3.01. The molecule has 0 unspecified atom stereocenters. The molecule has 0 amide bonds. The Kier molecular flexibility index (Phi) is 4.71. The highest BCUT2D eigenvalue weighted by molar-refractivity contribution is 5.55. The molecule has 27 heavy (non-hydrogen) atoms. The minimum absolute atomic E-state index is 0.142. The molecule has 1 saturated heterocycles. The third-order valence-electron chi connectivity index (χ3n) is 4.83. The summed E-state index contributed by atoms with van der Waals surface area (Å²) < 4.78 is 5.54. The summed E-state index contributed by atoms with van der Waals surface area (Å²) >= 11 is 0. The summed E-state index contributed by atoms with van der Waals surface area (Å²) in [6.45, 7) is 3.16. The Morgan fingerprint density at radius 2 is 2.11 bits per heavy atom. The average molecular weight is 360 g/mol. The van der Waals surface area contributed by atoms with Gasteiger partial charge in [-0.1, -0.05) is 41.1 Å². The van der Waals surface area contributed by atoms with Gasteiger partial charge in [-0.2, -0.15) is 10.2 Å². The Balaban J connectivity index is 1.57. The molecule has 1 aliphatic rings. The van der Waals surface area contributed by atoms with E-state index in [9.17, 15) is 5.11 Å².